The van der Waals surface area contributed by atoms with Gasteiger partial charge < -0.3 is 24.4 Å². The summed E-state index contributed by atoms with van der Waals surface area (Å²) in [6, 6.07) is 0. The second-order valence-electron chi connectivity index (χ2n) is 6.04. The van der Waals surface area contributed by atoms with Crippen LogP contribution in [0.1, 0.15) is 37.8 Å². The van der Waals surface area contributed by atoms with Crippen LogP contribution in [0.15, 0.2) is 23.3 Å². The van der Waals surface area contributed by atoms with Crippen molar-refractivity contribution in [2.45, 2.75) is 40.0 Å². The van der Waals surface area contributed by atoms with Gasteiger partial charge in [0, 0.05) is 16.7 Å². The third-order valence-corrected chi connectivity index (χ3v) is 4.30. The Morgan fingerprint density at radius 1 is 1.00 bits per heavy atom. The van der Waals surface area contributed by atoms with Gasteiger partial charge in [0.05, 0.1) is 21.3 Å². The Balaban J connectivity index is 3.06. The molecule has 0 spiro atoms. The molecule has 0 fully saturated rings. The summed E-state index contributed by atoms with van der Waals surface area (Å²) in [5.41, 5.74) is 2.94. The molecular formula is C20H28O6. The normalized spacial score (nSPS) is 12.1. The average molecular weight is 364 g/mol. The minimum absolute atomic E-state index is 0.0355. The fraction of sp³-hybridized carbons (Fsp3) is 0.450. The van der Waals surface area contributed by atoms with E-state index in [-0.39, 0.29) is 11.5 Å². The first-order valence-electron chi connectivity index (χ1n) is 8.34. The topological polar surface area (TPSA) is 85.2 Å². The van der Waals surface area contributed by atoms with Crippen molar-refractivity contribution in [1.29, 1.82) is 0 Å². The zero-order chi connectivity index (χ0) is 19.9. The number of phenolic OH excluding ortho intramolecular Hbond substituents is 1. The zero-order valence-electron chi connectivity index (χ0n) is 16.3. The molecule has 0 bridgehead atoms. The standard InChI is InChI=1S/C20H28O6/c1-12(8-7-9-13(2)20(22)23)10-11-15-14(3)17(24-4)19(26-6)18(25-5)16(15)21/h9-10,21H,7-8,11H2,1-6H3,(H,22,23)/b12-10+,13-9-. The quantitative estimate of drug-likeness (QED) is 0.508. The first-order chi connectivity index (χ1) is 12.3. The molecule has 26 heavy (non-hydrogen) atoms. The van der Waals surface area contributed by atoms with Crippen molar-refractivity contribution >= 4 is 5.97 Å². The summed E-state index contributed by atoms with van der Waals surface area (Å²) in [5.74, 6) is 0.279. The Morgan fingerprint density at radius 3 is 2.08 bits per heavy atom. The van der Waals surface area contributed by atoms with E-state index < -0.39 is 5.97 Å². The third kappa shape index (κ3) is 4.94. The first-order valence-corrected chi connectivity index (χ1v) is 8.34. The average Bonchev–Trinajstić information content (AvgIpc) is 2.60. The van der Waals surface area contributed by atoms with Crippen LogP contribution in [0.4, 0.5) is 0 Å². The number of methoxy groups -OCH3 is 3. The number of rotatable bonds is 9. The van der Waals surface area contributed by atoms with Gasteiger partial charge in [0.15, 0.2) is 11.5 Å². The minimum atomic E-state index is -0.899. The predicted molar refractivity (Wildman–Crippen MR) is 101 cm³/mol. The molecule has 144 valence electrons. The molecule has 0 saturated heterocycles. The van der Waals surface area contributed by atoms with Crippen molar-refractivity contribution in [3.05, 3.63) is 34.4 Å². The number of carboxylic acid groups (broad SMARTS) is 1. The van der Waals surface area contributed by atoms with Crippen LogP contribution < -0.4 is 14.2 Å². The van der Waals surface area contributed by atoms with E-state index in [1.54, 1.807) is 20.1 Å². The number of hydrogen-bond donors (Lipinski definition) is 2. The highest BCUT2D eigenvalue weighted by Gasteiger charge is 2.23. The molecular weight excluding hydrogens is 336 g/mol. The number of ether oxygens (including phenoxy) is 3. The van der Waals surface area contributed by atoms with Gasteiger partial charge in [-0.25, -0.2) is 4.79 Å². The number of hydrogen-bond acceptors (Lipinski definition) is 5. The van der Waals surface area contributed by atoms with Gasteiger partial charge in [0.1, 0.15) is 0 Å². The van der Waals surface area contributed by atoms with E-state index in [9.17, 15) is 9.90 Å². The summed E-state index contributed by atoms with van der Waals surface area (Å²) in [5, 5.41) is 19.4. The number of aromatic hydroxyl groups is 1. The third-order valence-electron chi connectivity index (χ3n) is 4.30. The van der Waals surface area contributed by atoms with Crippen LogP contribution in [0.2, 0.25) is 0 Å². The van der Waals surface area contributed by atoms with Crippen molar-refractivity contribution < 1.29 is 29.2 Å². The maximum Gasteiger partial charge on any atom is 0.330 e. The summed E-state index contributed by atoms with van der Waals surface area (Å²) >= 11 is 0. The number of benzene rings is 1. The highest BCUT2D eigenvalue weighted by atomic mass is 16.5. The molecule has 0 atom stereocenters. The molecule has 0 aliphatic heterocycles. The summed E-state index contributed by atoms with van der Waals surface area (Å²) in [6.07, 6.45) is 5.62. The van der Waals surface area contributed by atoms with Crippen molar-refractivity contribution in [2.24, 2.45) is 0 Å². The van der Waals surface area contributed by atoms with Crippen LogP contribution >= 0.6 is 0 Å². The van der Waals surface area contributed by atoms with Crippen LogP contribution in [0, 0.1) is 6.92 Å². The Kier molecular flexibility index (Phi) is 8.03. The largest absolute Gasteiger partial charge is 0.504 e. The van der Waals surface area contributed by atoms with E-state index in [1.807, 2.05) is 19.9 Å². The predicted octanol–water partition coefficient (Wildman–Crippen LogP) is 4.03. The summed E-state index contributed by atoms with van der Waals surface area (Å²) in [6.45, 7) is 5.42. The van der Waals surface area contributed by atoms with E-state index in [0.717, 1.165) is 17.6 Å². The zero-order valence-corrected chi connectivity index (χ0v) is 16.3. The molecule has 1 rings (SSSR count). The van der Waals surface area contributed by atoms with Gasteiger partial charge in [-0.15, -0.1) is 0 Å². The molecule has 0 aliphatic rings. The monoisotopic (exact) mass is 364 g/mol. The number of phenols is 1. The van der Waals surface area contributed by atoms with E-state index >= 15 is 0 Å². The Labute approximate surface area is 154 Å². The molecule has 0 heterocycles. The van der Waals surface area contributed by atoms with Gasteiger partial charge in [0.25, 0.3) is 0 Å². The van der Waals surface area contributed by atoms with Crippen LogP contribution in [0.3, 0.4) is 0 Å². The number of carboxylic acids is 1. The molecule has 6 heteroatoms. The van der Waals surface area contributed by atoms with Crippen LogP contribution in [0.5, 0.6) is 23.0 Å². The van der Waals surface area contributed by atoms with E-state index in [1.165, 1.54) is 14.2 Å². The summed E-state index contributed by atoms with van der Waals surface area (Å²) < 4.78 is 16.0. The molecule has 1 aromatic rings. The highest BCUT2D eigenvalue weighted by Crippen LogP contribution is 2.48. The molecule has 0 saturated carbocycles. The van der Waals surface area contributed by atoms with E-state index in [2.05, 4.69) is 0 Å². The summed E-state index contributed by atoms with van der Waals surface area (Å²) in [7, 11) is 4.51. The number of aliphatic carboxylic acids is 1. The fourth-order valence-electron chi connectivity index (χ4n) is 2.68. The minimum Gasteiger partial charge on any atom is -0.504 e. The molecule has 0 aliphatic carbocycles. The second-order valence-corrected chi connectivity index (χ2v) is 6.04. The molecule has 0 unspecified atom stereocenters. The lowest BCUT2D eigenvalue weighted by Gasteiger charge is -2.19. The maximum atomic E-state index is 10.8. The molecule has 6 nitrogen and oxygen atoms in total. The molecule has 0 aromatic heterocycles. The summed E-state index contributed by atoms with van der Waals surface area (Å²) in [4.78, 5) is 10.8. The molecule has 0 radical (unpaired) electrons. The van der Waals surface area contributed by atoms with Crippen LogP contribution in [-0.2, 0) is 11.2 Å². The van der Waals surface area contributed by atoms with Crippen LogP contribution in [0.25, 0.3) is 0 Å². The Hall–Kier alpha value is -2.63. The van der Waals surface area contributed by atoms with Gasteiger partial charge >= 0.3 is 5.97 Å². The fourth-order valence-corrected chi connectivity index (χ4v) is 2.68. The van der Waals surface area contributed by atoms with E-state index in [4.69, 9.17) is 19.3 Å². The van der Waals surface area contributed by atoms with Crippen molar-refractivity contribution in [3.8, 4) is 23.0 Å². The lowest BCUT2D eigenvalue weighted by Crippen LogP contribution is -2.01. The maximum absolute atomic E-state index is 10.8. The van der Waals surface area contributed by atoms with Gasteiger partial charge in [-0.1, -0.05) is 17.7 Å². The van der Waals surface area contributed by atoms with Crippen molar-refractivity contribution in [3.63, 3.8) is 0 Å². The van der Waals surface area contributed by atoms with Crippen molar-refractivity contribution in [1.82, 2.24) is 0 Å². The number of carbonyl (C=O) groups is 1. The Morgan fingerprint density at radius 2 is 1.58 bits per heavy atom. The van der Waals surface area contributed by atoms with E-state index in [0.29, 0.717) is 35.5 Å². The van der Waals surface area contributed by atoms with Crippen molar-refractivity contribution in [2.75, 3.05) is 21.3 Å². The first kappa shape index (κ1) is 21.4. The van der Waals surface area contributed by atoms with Gasteiger partial charge in [-0.3, -0.25) is 0 Å². The molecule has 0 amide bonds. The SMILES string of the molecule is COc1c(C)c(C/C=C(\C)CC/C=C(/C)C(=O)O)c(O)c(OC)c1OC. The van der Waals surface area contributed by atoms with Gasteiger partial charge in [-0.2, -0.15) is 0 Å². The molecule has 1 aromatic carbocycles. The lowest BCUT2D eigenvalue weighted by atomic mass is 9.99. The smallest absolute Gasteiger partial charge is 0.330 e. The second kappa shape index (κ2) is 9.75. The van der Waals surface area contributed by atoms with Gasteiger partial charge in [-0.05, 0) is 40.0 Å². The Bertz CT molecular complexity index is 684. The molecule has 2 N–H and O–H groups in total. The van der Waals surface area contributed by atoms with Crippen LogP contribution in [-0.4, -0.2) is 37.5 Å². The number of allylic oxidation sites excluding steroid dienone is 3. The van der Waals surface area contributed by atoms with Gasteiger partial charge in [0.2, 0.25) is 11.5 Å². The lowest BCUT2D eigenvalue weighted by molar-refractivity contribution is -0.132. The highest BCUT2D eigenvalue weighted by molar-refractivity contribution is 5.85.